The summed E-state index contributed by atoms with van der Waals surface area (Å²) in [4.78, 5) is 15.1. The van der Waals surface area contributed by atoms with Crippen molar-refractivity contribution in [2.45, 2.75) is 13.8 Å². The van der Waals surface area contributed by atoms with Crippen LogP contribution in [0.1, 0.15) is 11.1 Å². The minimum absolute atomic E-state index is 0.202. The number of anilines is 1. The van der Waals surface area contributed by atoms with Crippen LogP contribution in [0.25, 0.3) is 5.95 Å². The molecule has 0 aliphatic carbocycles. The molecule has 0 spiro atoms. The molecule has 0 saturated carbocycles. The number of ether oxygens (including phenoxy) is 1. The maximum absolute atomic E-state index is 6.07. The first kappa shape index (κ1) is 14.2. The fourth-order valence-electron chi connectivity index (χ4n) is 2.37. The van der Waals surface area contributed by atoms with E-state index in [-0.39, 0.29) is 5.28 Å². The fourth-order valence-corrected chi connectivity index (χ4v) is 2.53. The Morgan fingerprint density at radius 2 is 1.76 bits per heavy atom. The summed E-state index contributed by atoms with van der Waals surface area (Å²) in [5, 5.41) is 0.202. The zero-order chi connectivity index (χ0) is 14.8. The van der Waals surface area contributed by atoms with Crippen LogP contribution >= 0.6 is 11.6 Å². The van der Waals surface area contributed by atoms with Gasteiger partial charge in [-0.05, 0) is 46.5 Å². The largest absolute Gasteiger partial charge is 0.444 e. The van der Waals surface area contributed by atoms with Crippen molar-refractivity contribution >= 4 is 17.5 Å². The minimum Gasteiger partial charge on any atom is -0.378 e. The van der Waals surface area contributed by atoms with E-state index in [1.807, 2.05) is 30.8 Å². The second kappa shape index (κ2) is 5.91. The van der Waals surface area contributed by atoms with Crippen LogP contribution in [-0.4, -0.2) is 41.3 Å². The lowest BCUT2D eigenvalue weighted by Crippen LogP contribution is -2.39. The van der Waals surface area contributed by atoms with Crippen LogP contribution in [-0.2, 0) is 4.74 Å². The van der Waals surface area contributed by atoms with Gasteiger partial charge in [0, 0.05) is 13.1 Å². The van der Waals surface area contributed by atoms with E-state index in [1.54, 1.807) is 0 Å². The quantitative estimate of drug-likeness (QED) is 0.782. The third-order valence-electron chi connectivity index (χ3n) is 3.25. The van der Waals surface area contributed by atoms with Crippen LogP contribution in [0.5, 0.6) is 0 Å². The van der Waals surface area contributed by atoms with Crippen molar-refractivity contribution in [3.05, 3.63) is 34.9 Å². The van der Waals surface area contributed by atoms with Gasteiger partial charge in [-0.2, -0.15) is 4.98 Å². The molecule has 3 heterocycles. The summed E-state index contributed by atoms with van der Waals surface area (Å²) in [5.74, 6) is 1.13. The molecular weight excluding hydrogens is 290 g/mol. The highest BCUT2D eigenvalue weighted by atomic mass is 35.5. The van der Waals surface area contributed by atoms with E-state index in [2.05, 4.69) is 25.9 Å². The number of rotatable bonds is 2. The summed E-state index contributed by atoms with van der Waals surface area (Å²) in [7, 11) is 0. The van der Waals surface area contributed by atoms with E-state index >= 15 is 0 Å². The number of hydrogen-bond donors (Lipinski definition) is 0. The van der Waals surface area contributed by atoms with Crippen LogP contribution in [0.15, 0.2) is 18.5 Å². The molecule has 110 valence electrons. The summed E-state index contributed by atoms with van der Waals surface area (Å²) in [6.07, 6.45) is 3.95. The Labute approximate surface area is 128 Å². The van der Waals surface area contributed by atoms with Crippen molar-refractivity contribution in [1.82, 2.24) is 15.0 Å². The smallest absolute Gasteiger partial charge is 0.378 e. The molecule has 3 rings (SSSR count). The molecule has 6 nitrogen and oxygen atoms in total. The Morgan fingerprint density at radius 3 is 2.43 bits per heavy atom. The van der Waals surface area contributed by atoms with Crippen LogP contribution in [0.2, 0.25) is 5.28 Å². The van der Waals surface area contributed by atoms with Gasteiger partial charge in [-0.1, -0.05) is 6.07 Å². The first-order chi connectivity index (χ1) is 10.1. The highest BCUT2D eigenvalue weighted by Gasteiger charge is 2.22. The third kappa shape index (κ3) is 3.28. The van der Waals surface area contributed by atoms with E-state index in [4.69, 9.17) is 16.3 Å². The van der Waals surface area contributed by atoms with E-state index in [0.29, 0.717) is 25.1 Å². The van der Waals surface area contributed by atoms with Crippen molar-refractivity contribution in [1.29, 1.82) is 0 Å². The number of aryl methyl sites for hydroxylation is 2. The maximum Gasteiger partial charge on any atom is 0.444 e. The molecule has 1 fully saturated rings. The van der Waals surface area contributed by atoms with Gasteiger partial charge in [-0.25, -0.2) is 4.57 Å². The zero-order valence-corrected chi connectivity index (χ0v) is 12.8. The molecule has 0 radical (unpaired) electrons. The van der Waals surface area contributed by atoms with E-state index in [9.17, 15) is 0 Å². The number of halogens is 1. The van der Waals surface area contributed by atoms with Crippen molar-refractivity contribution in [2.75, 3.05) is 31.2 Å². The number of morpholine rings is 1. The van der Waals surface area contributed by atoms with Crippen molar-refractivity contribution in [3.8, 4) is 5.95 Å². The Bertz CT molecular complexity index is 638. The lowest BCUT2D eigenvalue weighted by atomic mass is 10.2. The average molecular weight is 307 g/mol. The molecule has 21 heavy (non-hydrogen) atoms. The van der Waals surface area contributed by atoms with Crippen LogP contribution in [0.4, 0.5) is 5.95 Å². The van der Waals surface area contributed by atoms with Gasteiger partial charge in [0.2, 0.25) is 0 Å². The highest BCUT2D eigenvalue weighted by Crippen LogP contribution is 2.13. The SMILES string of the molecule is Cc1cc(C)c[n+](-c2nc(Cl)nc(N3CCOCC3)n2)c1. The molecule has 0 amide bonds. The average Bonchev–Trinajstić information content (AvgIpc) is 2.46. The number of pyridine rings is 1. The summed E-state index contributed by atoms with van der Waals surface area (Å²) < 4.78 is 7.22. The zero-order valence-electron chi connectivity index (χ0n) is 12.1. The molecule has 2 aromatic rings. The fraction of sp³-hybridized carbons (Fsp3) is 0.429. The van der Waals surface area contributed by atoms with Gasteiger partial charge in [0.25, 0.3) is 0 Å². The molecule has 7 heteroatoms. The summed E-state index contributed by atoms with van der Waals surface area (Å²) in [5.41, 5.74) is 2.28. The van der Waals surface area contributed by atoms with Crippen LogP contribution < -0.4 is 9.47 Å². The second-order valence-electron chi connectivity index (χ2n) is 5.10. The topological polar surface area (TPSA) is 55.0 Å². The van der Waals surface area contributed by atoms with Crippen LogP contribution in [0, 0.1) is 13.8 Å². The van der Waals surface area contributed by atoms with Crippen molar-refractivity contribution < 1.29 is 9.30 Å². The molecule has 2 aromatic heterocycles. The van der Waals surface area contributed by atoms with Gasteiger partial charge in [0.1, 0.15) is 0 Å². The molecule has 0 N–H and O–H groups in total. The summed E-state index contributed by atoms with van der Waals surface area (Å²) in [6, 6.07) is 2.10. The monoisotopic (exact) mass is 306 g/mol. The lowest BCUT2D eigenvalue weighted by molar-refractivity contribution is -0.604. The number of hydrogen-bond acceptors (Lipinski definition) is 5. The Kier molecular flexibility index (Phi) is 3.98. The number of aromatic nitrogens is 4. The minimum atomic E-state index is 0.202. The van der Waals surface area contributed by atoms with Gasteiger partial charge in [-0.15, -0.1) is 0 Å². The van der Waals surface area contributed by atoms with E-state index in [0.717, 1.165) is 24.2 Å². The first-order valence-corrected chi connectivity index (χ1v) is 7.24. The maximum atomic E-state index is 6.07. The normalized spacial score (nSPS) is 15.3. The van der Waals surface area contributed by atoms with Gasteiger partial charge < -0.3 is 9.64 Å². The predicted octanol–water partition coefficient (Wildman–Crippen LogP) is 1.26. The predicted molar refractivity (Wildman–Crippen MR) is 78.9 cm³/mol. The standard InChI is InChI=1S/C14H17ClN5O/c1-10-7-11(2)9-20(8-10)14-17-12(15)16-13(18-14)19-3-5-21-6-4-19/h7-9H,3-6H2,1-2H3/q+1. The van der Waals surface area contributed by atoms with Crippen molar-refractivity contribution in [3.63, 3.8) is 0 Å². The molecule has 0 unspecified atom stereocenters. The molecular formula is C14H17ClN5O+. The molecule has 0 bridgehead atoms. The summed E-state index contributed by atoms with van der Waals surface area (Å²) >= 11 is 6.07. The van der Waals surface area contributed by atoms with Crippen LogP contribution in [0.3, 0.4) is 0 Å². The highest BCUT2D eigenvalue weighted by molar-refractivity contribution is 6.28. The second-order valence-corrected chi connectivity index (χ2v) is 5.44. The van der Waals surface area contributed by atoms with Gasteiger partial charge >= 0.3 is 17.2 Å². The van der Waals surface area contributed by atoms with Crippen molar-refractivity contribution in [2.24, 2.45) is 0 Å². The Balaban J connectivity index is 2.00. The number of nitrogens with zero attached hydrogens (tertiary/aromatic N) is 5. The van der Waals surface area contributed by atoms with Gasteiger partial charge in [-0.3, -0.25) is 0 Å². The third-order valence-corrected chi connectivity index (χ3v) is 3.42. The van der Waals surface area contributed by atoms with E-state index < -0.39 is 0 Å². The first-order valence-electron chi connectivity index (χ1n) is 6.86. The molecule has 0 aromatic carbocycles. The lowest BCUT2D eigenvalue weighted by Gasteiger charge is -2.24. The summed E-state index contributed by atoms with van der Waals surface area (Å²) in [6.45, 7) is 6.95. The Hall–Kier alpha value is -1.79. The molecule has 1 aliphatic rings. The molecule has 1 saturated heterocycles. The van der Waals surface area contributed by atoms with Gasteiger partial charge in [0.05, 0.1) is 25.6 Å². The molecule has 1 aliphatic heterocycles. The molecule has 0 atom stereocenters. The Morgan fingerprint density at radius 1 is 1.10 bits per heavy atom. The van der Waals surface area contributed by atoms with E-state index in [1.165, 1.54) is 0 Å². The van der Waals surface area contributed by atoms with Gasteiger partial charge in [0.15, 0.2) is 0 Å².